The minimum absolute atomic E-state index is 0.0884. The van der Waals surface area contributed by atoms with Crippen molar-refractivity contribution in [3.05, 3.63) is 0 Å². The van der Waals surface area contributed by atoms with Gasteiger partial charge in [-0.1, -0.05) is 0 Å². The van der Waals surface area contributed by atoms with Crippen molar-refractivity contribution in [1.29, 1.82) is 0 Å². The van der Waals surface area contributed by atoms with E-state index in [1.165, 1.54) is 0 Å². The molecule has 2 aliphatic rings. The number of rotatable bonds is 1. The Bertz CT molecular complexity index is 214. The molecule has 2 saturated heterocycles. The first-order valence-corrected chi connectivity index (χ1v) is 6.17. The summed E-state index contributed by atoms with van der Waals surface area (Å²) in [6.07, 6.45) is -0.495. The normalized spacial score (nSPS) is 33.4. The molecule has 0 aromatic rings. The Morgan fingerprint density at radius 2 is 2.14 bits per heavy atom. The van der Waals surface area contributed by atoms with Gasteiger partial charge in [-0.25, -0.2) is 4.39 Å². The van der Waals surface area contributed by atoms with Crippen molar-refractivity contribution in [3.63, 3.8) is 0 Å². The Hall–Kier alpha value is -0.290. The molecule has 2 aliphatic heterocycles. The fraction of sp³-hybridized carbons (Fsp3) is 0.889. The first kappa shape index (κ1) is 10.2. The van der Waals surface area contributed by atoms with Crippen molar-refractivity contribution in [2.45, 2.75) is 18.6 Å². The second-order valence-electron chi connectivity index (χ2n) is 3.73. The summed E-state index contributed by atoms with van der Waals surface area (Å²) in [4.78, 5) is 13.7. The number of nitrogens with zero attached hydrogens (tertiary/aromatic N) is 1. The number of hydrogen-bond donors (Lipinski definition) is 1. The molecule has 14 heavy (non-hydrogen) atoms. The fourth-order valence-electron chi connectivity index (χ4n) is 1.88. The van der Waals surface area contributed by atoms with Gasteiger partial charge < -0.3 is 10.2 Å². The van der Waals surface area contributed by atoms with Gasteiger partial charge in [0.05, 0.1) is 6.04 Å². The molecular formula is C9H15FN2OS. The van der Waals surface area contributed by atoms with Crippen molar-refractivity contribution in [2.24, 2.45) is 0 Å². The Morgan fingerprint density at radius 1 is 1.43 bits per heavy atom. The maximum Gasteiger partial charge on any atom is 0.239 e. The molecule has 80 valence electrons. The molecule has 1 amide bonds. The molecule has 3 nitrogen and oxygen atoms in total. The number of carbonyl (C=O) groups excluding carboxylic acids is 1. The van der Waals surface area contributed by atoms with Crippen molar-refractivity contribution in [2.75, 3.05) is 31.1 Å². The molecule has 0 bridgehead atoms. The molecule has 5 heteroatoms. The molecule has 0 unspecified atom stereocenters. The van der Waals surface area contributed by atoms with Gasteiger partial charge in [-0.2, -0.15) is 11.8 Å². The molecule has 0 saturated carbocycles. The van der Waals surface area contributed by atoms with Crippen molar-refractivity contribution < 1.29 is 9.18 Å². The molecule has 2 rings (SSSR count). The number of thioether (sulfide) groups is 1. The second-order valence-corrected chi connectivity index (χ2v) is 4.96. The SMILES string of the molecule is O=C([C@@H]1C[C@@H](F)CN1)N1CCSCC1. The van der Waals surface area contributed by atoms with Crippen LogP contribution in [0.3, 0.4) is 0 Å². The molecule has 0 spiro atoms. The van der Waals surface area contributed by atoms with E-state index >= 15 is 0 Å². The minimum atomic E-state index is -0.844. The fourth-order valence-corrected chi connectivity index (χ4v) is 2.79. The van der Waals surface area contributed by atoms with E-state index in [1.54, 1.807) is 0 Å². The number of alkyl halides is 1. The third-order valence-electron chi connectivity index (χ3n) is 2.70. The van der Waals surface area contributed by atoms with Crippen molar-refractivity contribution >= 4 is 17.7 Å². The molecular weight excluding hydrogens is 203 g/mol. The monoisotopic (exact) mass is 218 g/mol. The lowest BCUT2D eigenvalue weighted by Gasteiger charge is -2.28. The van der Waals surface area contributed by atoms with E-state index < -0.39 is 6.17 Å². The Balaban J connectivity index is 1.87. The molecule has 1 N–H and O–H groups in total. The van der Waals surface area contributed by atoms with Crippen LogP contribution in [-0.4, -0.2) is 54.2 Å². The van der Waals surface area contributed by atoms with E-state index in [2.05, 4.69) is 5.32 Å². The zero-order valence-electron chi connectivity index (χ0n) is 8.04. The van der Waals surface area contributed by atoms with Gasteiger partial charge >= 0.3 is 0 Å². The van der Waals surface area contributed by atoms with Gasteiger partial charge in [0.25, 0.3) is 0 Å². The minimum Gasteiger partial charge on any atom is -0.340 e. The molecule has 0 aromatic heterocycles. The summed E-state index contributed by atoms with van der Waals surface area (Å²) in [5.41, 5.74) is 0. The van der Waals surface area contributed by atoms with Crippen LogP contribution in [0.5, 0.6) is 0 Å². The lowest BCUT2D eigenvalue weighted by atomic mass is 10.2. The highest BCUT2D eigenvalue weighted by Gasteiger charge is 2.32. The lowest BCUT2D eigenvalue weighted by Crippen LogP contribution is -2.46. The highest BCUT2D eigenvalue weighted by molar-refractivity contribution is 7.99. The van der Waals surface area contributed by atoms with E-state index in [4.69, 9.17) is 0 Å². The smallest absolute Gasteiger partial charge is 0.239 e. The molecule has 0 aliphatic carbocycles. The van der Waals surface area contributed by atoms with Crippen LogP contribution in [0.1, 0.15) is 6.42 Å². The predicted molar refractivity (Wildman–Crippen MR) is 55.2 cm³/mol. The molecule has 0 aromatic carbocycles. The molecule has 2 fully saturated rings. The predicted octanol–water partition coefficient (Wildman–Crippen LogP) is 0.262. The van der Waals surface area contributed by atoms with Crippen LogP contribution in [0.15, 0.2) is 0 Å². The average molecular weight is 218 g/mol. The zero-order chi connectivity index (χ0) is 9.97. The van der Waals surface area contributed by atoms with Crippen molar-refractivity contribution in [1.82, 2.24) is 10.2 Å². The Labute approximate surface area is 87.4 Å². The number of halogens is 1. The quantitative estimate of drug-likeness (QED) is 0.685. The van der Waals surface area contributed by atoms with Crippen LogP contribution >= 0.6 is 11.8 Å². The maximum absolute atomic E-state index is 12.9. The largest absolute Gasteiger partial charge is 0.340 e. The van der Waals surface area contributed by atoms with Gasteiger partial charge in [-0.15, -0.1) is 0 Å². The number of hydrogen-bond acceptors (Lipinski definition) is 3. The van der Waals surface area contributed by atoms with Crippen LogP contribution in [0.2, 0.25) is 0 Å². The maximum atomic E-state index is 12.9. The number of nitrogens with one attached hydrogen (secondary N) is 1. The van der Waals surface area contributed by atoms with Gasteiger partial charge in [-0.05, 0) is 0 Å². The second kappa shape index (κ2) is 4.49. The summed E-state index contributed by atoms with van der Waals surface area (Å²) < 4.78 is 12.9. The first-order valence-electron chi connectivity index (χ1n) is 5.01. The van der Waals surface area contributed by atoms with Gasteiger partial charge in [0, 0.05) is 37.6 Å². The van der Waals surface area contributed by atoms with Crippen LogP contribution in [0.4, 0.5) is 4.39 Å². The summed E-state index contributed by atoms with van der Waals surface area (Å²) in [5, 5.41) is 2.93. The van der Waals surface area contributed by atoms with Crippen LogP contribution in [0.25, 0.3) is 0 Å². The van der Waals surface area contributed by atoms with E-state index in [9.17, 15) is 9.18 Å². The summed E-state index contributed by atoms with van der Waals surface area (Å²) in [6, 6.07) is -0.270. The van der Waals surface area contributed by atoms with Gasteiger partial charge in [0.2, 0.25) is 5.91 Å². The van der Waals surface area contributed by atoms with Crippen molar-refractivity contribution in [3.8, 4) is 0 Å². The Morgan fingerprint density at radius 3 is 2.71 bits per heavy atom. The molecule has 2 heterocycles. The van der Waals surface area contributed by atoms with Crippen LogP contribution in [0, 0.1) is 0 Å². The van der Waals surface area contributed by atoms with Gasteiger partial charge in [-0.3, -0.25) is 4.79 Å². The number of amides is 1. The topological polar surface area (TPSA) is 32.3 Å². The van der Waals surface area contributed by atoms with E-state index in [0.717, 1.165) is 24.6 Å². The number of carbonyl (C=O) groups is 1. The van der Waals surface area contributed by atoms with E-state index in [-0.39, 0.29) is 11.9 Å². The molecule has 2 atom stereocenters. The summed E-state index contributed by atoms with van der Waals surface area (Å²) in [7, 11) is 0. The summed E-state index contributed by atoms with van der Waals surface area (Å²) in [6.45, 7) is 1.97. The average Bonchev–Trinajstić information content (AvgIpc) is 2.65. The summed E-state index contributed by atoms with van der Waals surface area (Å²) >= 11 is 1.87. The first-order chi connectivity index (χ1) is 6.77. The van der Waals surface area contributed by atoms with Crippen LogP contribution in [-0.2, 0) is 4.79 Å². The summed E-state index contributed by atoms with van der Waals surface area (Å²) in [5.74, 6) is 2.11. The van der Waals surface area contributed by atoms with Gasteiger partial charge in [0.1, 0.15) is 6.17 Å². The third-order valence-corrected chi connectivity index (χ3v) is 3.64. The molecule has 0 radical (unpaired) electrons. The van der Waals surface area contributed by atoms with Crippen LogP contribution < -0.4 is 5.32 Å². The van der Waals surface area contributed by atoms with Gasteiger partial charge in [0.15, 0.2) is 0 Å². The standard InChI is InChI=1S/C9H15FN2OS/c10-7-5-8(11-6-7)9(13)12-1-3-14-4-2-12/h7-8,11H,1-6H2/t7-,8+/m1/s1. The third kappa shape index (κ3) is 2.20. The lowest BCUT2D eigenvalue weighted by molar-refractivity contribution is -0.132. The highest BCUT2D eigenvalue weighted by atomic mass is 32.2. The highest BCUT2D eigenvalue weighted by Crippen LogP contribution is 2.15. The zero-order valence-corrected chi connectivity index (χ0v) is 8.86. The Kier molecular flexibility index (Phi) is 3.28. The van der Waals surface area contributed by atoms with E-state index in [0.29, 0.717) is 13.0 Å². The van der Waals surface area contributed by atoms with E-state index in [1.807, 2.05) is 16.7 Å².